The Bertz CT molecular complexity index is 820. The second-order valence-corrected chi connectivity index (χ2v) is 8.14. The molecule has 0 aliphatic carbocycles. The number of hydrogen-bond acceptors (Lipinski definition) is 4. The predicted octanol–water partition coefficient (Wildman–Crippen LogP) is 1.87. The summed E-state index contributed by atoms with van der Waals surface area (Å²) in [5.41, 5.74) is 2.06. The predicted molar refractivity (Wildman–Crippen MR) is 108 cm³/mol. The summed E-state index contributed by atoms with van der Waals surface area (Å²) in [5, 5.41) is 2.90. The summed E-state index contributed by atoms with van der Waals surface area (Å²) in [4.78, 5) is 37.4. The zero-order valence-electron chi connectivity index (χ0n) is 16.6. The Balaban J connectivity index is 1.36. The molecule has 2 saturated heterocycles. The van der Waals surface area contributed by atoms with Gasteiger partial charge in [-0.1, -0.05) is 12.1 Å². The quantitative estimate of drug-likeness (QED) is 0.845. The van der Waals surface area contributed by atoms with Crippen LogP contribution in [0.3, 0.4) is 0 Å². The van der Waals surface area contributed by atoms with Gasteiger partial charge in [-0.15, -0.1) is 0 Å². The van der Waals surface area contributed by atoms with Crippen LogP contribution >= 0.6 is 0 Å². The number of nitrogens with zero attached hydrogens (tertiary/aromatic N) is 3. The van der Waals surface area contributed by atoms with Gasteiger partial charge < -0.3 is 15.2 Å². The van der Waals surface area contributed by atoms with Crippen molar-refractivity contribution in [1.29, 1.82) is 0 Å². The van der Waals surface area contributed by atoms with Gasteiger partial charge in [-0.2, -0.15) is 0 Å². The first-order chi connectivity index (χ1) is 13.5. The average Bonchev–Trinajstić information content (AvgIpc) is 3.13. The molecule has 2 amide bonds. The molecule has 3 heterocycles. The lowest BCUT2D eigenvalue weighted by atomic mass is 9.95. The molecule has 4 rings (SSSR count). The Morgan fingerprint density at radius 2 is 1.96 bits per heavy atom. The van der Waals surface area contributed by atoms with E-state index in [0.717, 1.165) is 49.3 Å². The number of fused-ring (bicyclic) bond motifs is 1. The van der Waals surface area contributed by atoms with Gasteiger partial charge >= 0.3 is 0 Å². The largest absolute Gasteiger partial charge is 0.353 e. The van der Waals surface area contributed by atoms with Crippen LogP contribution < -0.4 is 5.32 Å². The molecule has 1 aromatic heterocycles. The third-order valence-corrected chi connectivity index (χ3v) is 6.05. The first kappa shape index (κ1) is 18.9. The number of para-hydroxylation sites is 2. The van der Waals surface area contributed by atoms with Crippen LogP contribution in [0.15, 0.2) is 24.3 Å². The van der Waals surface area contributed by atoms with E-state index in [4.69, 9.17) is 4.98 Å². The highest BCUT2D eigenvalue weighted by atomic mass is 16.2. The van der Waals surface area contributed by atoms with Gasteiger partial charge in [-0.3, -0.25) is 14.5 Å². The van der Waals surface area contributed by atoms with E-state index in [9.17, 15) is 9.59 Å². The molecule has 0 radical (unpaired) electrons. The number of carbonyl (C=O) groups is 2. The molecule has 0 bridgehead atoms. The molecule has 0 spiro atoms. The fourth-order valence-electron chi connectivity index (χ4n) is 4.42. The Morgan fingerprint density at radius 1 is 1.21 bits per heavy atom. The minimum Gasteiger partial charge on any atom is -0.353 e. The van der Waals surface area contributed by atoms with Crippen LogP contribution in [0.4, 0.5) is 0 Å². The van der Waals surface area contributed by atoms with E-state index in [1.165, 1.54) is 0 Å². The van der Waals surface area contributed by atoms with Gasteiger partial charge in [0.1, 0.15) is 5.82 Å². The zero-order chi connectivity index (χ0) is 19.7. The number of carbonyl (C=O) groups excluding carboxylic acids is 2. The summed E-state index contributed by atoms with van der Waals surface area (Å²) in [6.45, 7) is 7.05. The van der Waals surface area contributed by atoms with Crippen LogP contribution in [-0.2, 0) is 9.59 Å². The minimum atomic E-state index is -0.352. The SMILES string of the molecule is CC(C)N1CCNC(=O)C1CC(=O)N1CCC(c2nc3ccccc3[nH]2)CC1. The van der Waals surface area contributed by atoms with Crippen molar-refractivity contribution in [2.45, 2.75) is 51.1 Å². The molecule has 2 aromatic rings. The van der Waals surface area contributed by atoms with Crippen LogP contribution in [-0.4, -0.2) is 69.8 Å². The van der Waals surface area contributed by atoms with Gasteiger partial charge in [0, 0.05) is 38.1 Å². The summed E-state index contributed by atoms with van der Waals surface area (Å²) in [7, 11) is 0. The lowest BCUT2D eigenvalue weighted by Crippen LogP contribution is -2.58. The lowest BCUT2D eigenvalue weighted by Gasteiger charge is -2.39. The van der Waals surface area contributed by atoms with E-state index in [1.54, 1.807) is 0 Å². The van der Waals surface area contributed by atoms with Crippen LogP contribution in [0.1, 0.15) is 44.9 Å². The van der Waals surface area contributed by atoms with Gasteiger partial charge in [-0.05, 0) is 38.8 Å². The third kappa shape index (κ3) is 3.76. The van der Waals surface area contributed by atoms with E-state index in [0.29, 0.717) is 12.5 Å². The molecule has 2 aliphatic rings. The standard InChI is InChI=1S/C21H29N5O2/c1-14(2)26-12-9-22-21(28)18(26)13-19(27)25-10-7-15(8-11-25)20-23-16-5-3-4-6-17(16)24-20/h3-6,14-15,18H,7-13H2,1-2H3,(H,22,28)(H,23,24). The molecule has 2 aliphatic heterocycles. The molecule has 0 saturated carbocycles. The van der Waals surface area contributed by atoms with Crippen molar-refractivity contribution in [3.8, 4) is 0 Å². The summed E-state index contributed by atoms with van der Waals surface area (Å²) in [5.74, 6) is 1.42. The number of H-pyrrole nitrogens is 1. The fraction of sp³-hybridized carbons (Fsp3) is 0.571. The highest BCUT2D eigenvalue weighted by Gasteiger charge is 2.35. The first-order valence-electron chi connectivity index (χ1n) is 10.3. The summed E-state index contributed by atoms with van der Waals surface area (Å²) < 4.78 is 0. The number of imidazole rings is 1. The number of hydrogen-bond donors (Lipinski definition) is 2. The summed E-state index contributed by atoms with van der Waals surface area (Å²) >= 11 is 0. The monoisotopic (exact) mass is 383 g/mol. The lowest BCUT2D eigenvalue weighted by molar-refractivity contribution is -0.140. The van der Waals surface area contributed by atoms with Crippen LogP contribution in [0.5, 0.6) is 0 Å². The van der Waals surface area contributed by atoms with E-state index in [2.05, 4.69) is 29.0 Å². The normalized spacial score (nSPS) is 22.0. The Hall–Kier alpha value is -2.41. The van der Waals surface area contributed by atoms with Gasteiger partial charge in [-0.25, -0.2) is 4.98 Å². The molecular formula is C21H29N5O2. The van der Waals surface area contributed by atoms with Gasteiger partial charge in [0.05, 0.1) is 23.5 Å². The number of benzene rings is 1. The number of amides is 2. The fourth-order valence-corrected chi connectivity index (χ4v) is 4.42. The third-order valence-electron chi connectivity index (χ3n) is 6.05. The number of aromatic nitrogens is 2. The highest BCUT2D eigenvalue weighted by Crippen LogP contribution is 2.28. The van der Waals surface area contributed by atoms with E-state index in [-0.39, 0.29) is 30.3 Å². The van der Waals surface area contributed by atoms with Gasteiger partial charge in [0.2, 0.25) is 11.8 Å². The maximum absolute atomic E-state index is 12.9. The van der Waals surface area contributed by atoms with Crippen molar-refractivity contribution in [1.82, 2.24) is 25.1 Å². The molecule has 150 valence electrons. The first-order valence-corrected chi connectivity index (χ1v) is 10.3. The highest BCUT2D eigenvalue weighted by molar-refractivity contribution is 5.89. The molecule has 7 nitrogen and oxygen atoms in total. The molecule has 2 N–H and O–H groups in total. The maximum Gasteiger partial charge on any atom is 0.237 e. The molecule has 2 fully saturated rings. The number of nitrogens with one attached hydrogen (secondary N) is 2. The van der Waals surface area contributed by atoms with E-state index < -0.39 is 0 Å². The molecule has 1 aromatic carbocycles. The average molecular weight is 383 g/mol. The Morgan fingerprint density at radius 3 is 2.68 bits per heavy atom. The number of piperazine rings is 1. The van der Waals surface area contributed by atoms with Gasteiger partial charge in [0.25, 0.3) is 0 Å². The van der Waals surface area contributed by atoms with Gasteiger partial charge in [0.15, 0.2) is 0 Å². The summed E-state index contributed by atoms with van der Waals surface area (Å²) in [6.07, 6.45) is 2.06. The summed E-state index contributed by atoms with van der Waals surface area (Å²) in [6, 6.07) is 7.96. The molecule has 1 atom stereocenters. The second-order valence-electron chi connectivity index (χ2n) is 8.14. The second kappa shape index (κ2) is 7.91. The van der Waals surface area contributed by atoms with Crippen LogP contribution in [0.2, 0.25) is 0 Å². The Kier molecular flexibility index (Phi) is 5.35. The molecule has 1 unspecified atom stereocenters. The Labute approximate surface area is 165 Å². The van der Waals surface area contributed by atoms with E-state index in [1.807, 2.05) is 29.2 Å². The number of rotatable bonds is 4. The van der Waals surface area contributed by atoms with E-state index >= 15 is 0 Å². The minimum absolute atomic E-state index is 0.0227. The topological polar surface area (TPSA) is 81.3 Å². The number of piperidine rings is 1. The maximum atomic E-state index is 12.9. The van der Waals surface area contributed by atoms with Crippen molar-refractivity contribution in [3.05, 3.63) is 30.1 Å². The van der Waals surface area contributed by atoms with Crippen molar-refractivity contribution >= 4 is 22.8 Å². The smallest absolute Gasteiger partial charge is 0.237 e. The van der Waals surface area contributed by atoms with Crippen LogP contribution in [0.25, 0.3) is 11.0 Å². The van der Waals surface area contributed by atoms with Crippen molar-refractivity contribution in [2.24, 2.45) is 0 Å². The van der Waals surface area contributed by atoms with Crippen LogP contribution in [0, 0.1) is 0 Å². The molecular weight excluding hydrogens is 354 g/mol. The zero-order valence-corrected chi connectivity index (χ0v) is 16.6. The number of likely N-dealkylation sites (tertiary alicyclic amines) is 1. The van der Waals surface area contributed by atoms with Crippen molar-refractivity contribution in [2.75, 3.05) is 26.2 Å². The van der Waals surface area contributed by atoms with Crippen molar-refractivity contribution in [3.63, 3.8) is 0 Å². The molecule has 7 heteroatoms. The molecule has 28 heavy (non-hydrogen) atoms. The van der Waals surface area contributed by atoms with Crippen molar-refractivity contribution < 1.29 is 9.59 Å². The number of aromatic amines is 1.